The lowest BCUT2D eigenvalue weighted by molar-refractivity contribution is -0.122. The molecular formula is C85H104N20O16. The van der Waals surface area contributed by atoms with Crippen LogP contribution in [0.1, 0.15) is 168 Å². The van der Waals surface area contributed by atoms with Crippen LogP contribution in [0.25, 0.3) is 11.2 Å². The van der Waals surface area contributed by atoms with Gasteiger partial charge in [0.05, 0.1) is 50.8 Å². The van der Waals surface area contributed by atoms with E-state index in [1.165, 1.54) is 79.1 Å². The van der Waals surface area contributed by atoms with Crippen LogP contribution in [0.5, 0.6) is 28.9 Å². The standard InChI is InChI=1S/C85H104N20O16/c86-85-100-74-69(97-53-98-74)84(101-85)121-52-56-24-22-54(23-25-56)50-96-75(112)57-28-26-55(27-29-57)49-95-68(107)21-4-2-1-3-20-67(106)87-30-6-5-11-58-51-105-44-37-94-81(118)64-17-9-16-63(72(64)110)78(115)90-33-40-103(41-34-93-82(119)65-18-10-19-66(73(65)111)83(120)99-58)46-45-102-38-31-88-76(113)59-12-7-14-61(70(59)108)79(116)91-35-42-104(47-48-105)43-36-92-80(117)62-15-8-13-60(71(62)109)77(114)89-32-39-102/h7-10,12-19,22-29,53,58,108-111H,1-6,11,20-21,30-52H2,(H,87,106)(H,88,113)(H,89,114)(H,90,115)(H,91,116)(H,92,117)(H,93,119)(H,94,118)(H,95,107)(H,96,112)(H,99,120)(H3,86,97,98,100,101). The van der Waals surface area contributed by atoms with Crippen LogP contribution in [0.2, 0.25) is 0 Å². The number of amides is 11. The van der Waals surface area contributed by atoms with Crippen LogP contribution >= 0.6 is 0 Å². The van der Waals surface area contributed by atoms with Gasteiger partial charge in [-0.15, -0.1) is 0 Å². The number of aromatic amines is 1. The number of hydrogen-bond donors (Lipinski definition) is 17. The van der Waals surface area contributed by atoms with Crippen molar-refractivity contribution in [1.82, 2.24) is 98.0 Å². The van der Waals surface area contributed by atoms with Crippen molar-refractivity contribution in [2.45, 2.75) is 83.5 Å². The Morgan fingerprint density at radius 2 is 0.777 bits per heavy atom. The molecule has 640 valence electrons. The van der Waals surface area contributed by atoms with Crippen LogP contribution in [-0.2, 0) is 29.3 Å². The largest absolute Gasteiger partial charge is 0.506 e. The molecule has 8 aromatic rings. The molecule has 6 heterocycles. The lowest BCUT2D eigenvalue weighted by Gasteiger charge is -2.31. The summed E-state index contributed by atoms with van der Waals surface area (Å²) in [6.07, 6.45) is 5.83. The molecule has 0 saturated heterocycles. The average molecular weight is 1660 g/mol. The zero-order chi connectivity index (χ0) is 85.6. The van der Waals surface area contributed by atoms with Crippen molar-refractivity contribution < 1.29 is 77.9 Å². The summed E-state index contributed by atoms with van der Waals surface area (Å²) in [5.74, 6) is -8.01. The summed E-state index contributed by atoms with van der Waals surface area (Å²) in [5, 5.41) is 78.2. The molecule has 12 bridgehead atoms. The Morgan fingerprint density at radius 3 is 1.20 bits per heavy atom. The average Bonchev–Trinajstić information content (AvgIpc) is 1.71. The Labute approximate surface area is 698 Å². The second-order valence-electron chi connectivity index (χ2n) is 29.6. The van der Waals surface area contributed by atoms with Crippen LogP contribution in [0.15, 0.2) is 128 Å². The highest BCUT2D eigenvalue weighted by atomic mass is 16.5. The summed E-state index contributed by atoms with van der Waals surface area (Å²) in [6.45, 7) is 2.65. The molecule has 6 aromatic carbocycles. The van der Waals surface area contributed by atoms with Gasteiger partial charge in [0, 0.05) is 168 Å². The number of rotatable bonds is 20. The zero-order valence-electron chi connectivity index (χ0n) is 67.2. The Bertz CT molecular complexity index is 4900. The summed E-state index contributed by atoms with van der Waals surface area (Å²) in [6, 6.07) is 30.8. The number of para-hydroxylation sites is 4. The maximum absolute atomic E-state index is 14.7. The lowest BCUT2D eigenvalue weighted by Crippen LogP contribution is -2.49. The fraction of sp³-hybridized carbons (Fsp3) is 0.388. The molecule has 3 unspecified atom stereocenters. The van der Waals surface area contributed by atoms with E-state index in [1.807, 2.05) is 43.9 Å². The number of unbranched alkanes of at least 4 members (excludes halogenated alkanes) is 4. The third-order valence-electron chi connectivity index (χ3n) is 21.1. The Hall–Kier alpha value is -13.3. The van der Waals surface area contributed by atoms with Crippen molar-refractivity contribution in [3.63, 3.8) is 0 Å². The second-order valence-corrected chi connectivity index (χ2v) is 29.6. The number of imidazole rings is 1. The first-order valence-electron chi connectivity index (χ1n) is 40.7. The van der Waals surface area contributed by atoms with Crippen LogP contribution in [-0.4, -0.2) is 262 Å². The van der Waals surface area contributed by atoms with Crippen LogP contribution in [0.4, 0.5) is 5.95 Å². The number of nitrogens with zero attached hydrogens (tertiary/aromatic N) is 7. The fourth-order valence-corrected chi connectivity index (χ4v) is 14.2. The Morgan fingerprint density at radius 1 is 0.413 bits per heavy atom. The van der Waals surface area contributed by atoms with Gasteiger partial charge in [0.2, 0.25) is 23.6 Å². The van der Waals surface area contributed by atoms with Gasteiger partial charge >= 0.3 is 0 Å². The van der Waals surface area contributed by atoms with Gasteiger partial charge in [-0.1, -0.05) is 73.5 Å². The van der Waals surface area contributed by atoms with Crippen molar-refractivity contribution >= 4 is 82.1 Å². The van der Waals surface area contributed by atoms with Gasteiger partial charge in [0.1, 0.15) is 29.6 Å². The first-order valence-corrected chi connectivity index (χ1v) is 40.7. The van der Waals surface area contributed by atoms with Gasteiger partial charge < -0.3 is 94.4 Å². The van der Waals surface area contributed by atoms with Gasteiger partial charge in [-0.05, 0) is 109 Å². The normalized spacial score (nSPS) is 18.6. The van der Waals surface area contributed by atoms with Crippen molar-refractivity contribution in [1.29, 1.82) is 0 Å². The molecule has 4 aliphatic rings. The first kappa shape index (κ1) is 88.5. The third-order valence-corrected chi connectivity index (χ3v) is 21.1. The molecule has 36 nitrogen and oxygen atoms in total. The summed E-state index contributed by atoms with van der Waals surface area (Å²) < 4.78 is 5.87. The van der Waals surface area contributed by atoms with E-state index in [2.05, 4.69) is 78.4 Å². The number of ether oxygens (including phenoxy) is 1. The van der Waals surface area contributed by atoms with Crippen LogP contribution in [0.3, 0.4) is 0 Å². The molecule has 0 spiro atoms. The number of H-pyrrole nitrogens is 1. The summed E-state index contributed by atoms with van der Waals surface area (Å²) in [5.41, 5.74) is 8.36. The minimum absolute atomic E-state index is 0.00439. The molecule has 121 heavy (non-hydrogen) atoms. The van der Waals surface area contributed by atoms with E-state index in [9.17, 15) is 73.2 Å². The smallest absolute Gasteiger partial charge is 0.255 e. The number of carbonyl (C=O) groups is 11. The minimum Gasteiger partial charge on any atom is -0.506 e. The minimum atomic E-state index is -0.730. The molecule has 0 aliphatic carbocycles. The summed E-state index contributed by atoms with van der Waals surface area (Å²) in [4.78, 5) is 175. The monoisotopic (exact) mass is 1660 g/mol. The number of anilines is 1. The van der Waals surface area contributed by atoms with Gasteiger partial charge in [-0.2, -0.15) is 9.97 Å². The van der Waals surface area contributed by atoms with Crippen molar-refractivity contribution in [3.05, 3.63) is 194 Å². The van der Waals surface area contributed by atoms with Crippen molar-refractivity contribution in [2.24, 2.45) is 0 Å². The van der Waals surface area contributed by atoms with Crippen molar-refractivity contribution in [2.75, 3.05) is 137 Å². The molecule has 4 aliphatic heterocycles. The predicted octanol–water partition coefficient (Wildman–Crippen LogP) is 2.77. The molecule has 18 N–H and O–H groups in total. The quantitative estimate of drug-likeness (QED) is 0.0488. The molecule has 12 rings (SSSR count). The molecule has 2 aromatic heterocycles. The van der Waals surface area contributed by atoms with Gasteiger partial charge in [-0.25, -0.2) is 4.98 Å². The van der Waals surface area contributed by atoms with Gasteiger partial charge in [0.25, 0.3) is 53.2 Å². The van der Waals surface area contributed by atoms with E-state index in [4.69, 9.17) is 10.5 Å². The van der Waals surface area contributed by atoms with E-state index in [1.54, 1.807) is 24.3 Å². The molecule has 11 amide bonds. The number of carbonyl (C=O) groups excluding carboxylic acids is 11. The Kier molecular flexibility index (Phi) is 32.5. The fourth-order valence-electron chi connectivity index (χ4n) is 14.2. The third kappa shape index (κ3) is 25.8. The number of aromatic nitrogens is 4. The van der Waals surface area contributed by atoms with E-state index in [-0.39, 0.29) is 231 Å². The van der Waals surface area contributed by atoms with Crippen LogP contribution < -0.4 is 69.0 Å². The molecular weight excluding hydrogens is 1560 g/mol. The number of nitrogens with one attached hydrogen (secondary N) is 12. The SMILES string of the molecule is Nc1nc(OCc2ccc(CNC(=O)c3ccc(CNC(=O)CCCCCCC(=O)NCCCCC4CN5CCNC(=O)c6cccc(c6O)C(=O)NCCN(CCNC(=O)c6cccc(c6O)C(=O)N4)CCN4CCNC(=O)c6cccc(c6O)C(=O)NCCN(CCNC(=O)c6cccc(c6O)C(=O)NCC4)CC5)cc3)cc2)c2nc[nH]c2n1. The zero-order valence-corrected chi connectivity index (χ0v) is 67.2. The van der Waals surface area contributed by atoms with Crippen molar-refractivity contribution in [3.8, 4) is 28.9 Å². The Balaban J connectivity index is 0.732. The number of aromatic hydroxyl groups is 4. The van der Waals surface area contributed by atoms with E-state index >= 15 is 0 Å². The highest BCUT2D eigenvalue weighted by Crippen LogP contribution is 2.28. The highest BCUT2D eigenvalue weighted by Gasteiger charge is 2.28. The molecule has 0 radical (unpaired) electrons. The lowest BCUT2D eigenvalue weighted by atomic mass is 10.0. The van der Waals surface area contributed by atoms with Gasteiger partial charge in [-0.3, -0.25) is 72.3 Å². The number of nitrogen functional groups attached to an aromatic ring is 1. The maximum atomic E-state index is 14.7. The summed E-state index contributed by atoms with van der Waals surface area (Å²) in [7, 11) is 0. The topological polar surface area (TPSA) is 504 Å². The molecule has 0 saturated carbocycles. The van der Waals surface area contributed by atoms with E-state index in [0.717, 1.165) is 16.7 Å². The molecule has 3 atom stereocenters. The summed E-state index contributed by atoms with van der Waals surface area (Å²) >= 11 is 0. The van der Waals surface area contributed by atoms with Crippen LogP contribution in [0, 0.1) is 0 Å². The van der Waals surface area contributed by atoms with Gasteiger partial charge in [0.15, 0.2) is 11.2 Å². The maximum Gasteiger partial charge on any atom is 0.255 e. The highest BCUT2D eigenvalue weighted by molar-refractivity contribution is 6.07. The first-order chi connectivity index (χ1) is 58.6. The predicted molar refractivity (Wildman–Crippen MR) is 447 cm³/mol. The number of phenols is 4. The van der Waals surface area contributed by atoms with E-state index < -0.39 is 76.3 Å². The molecule has 0 fully saturated rings. The second kappa shape index (κ2) is 44.5. The molecule has 36 heteroatoms. The number of phenolic OH excluding ortho intramolecular Hbond substituents is 4. The number of hydrogen-bond acceptors (Lipinski definition) is 24. The number of nitrogens with two attached hydrogens (primary N) is 1. The number of fused-ring (bicyclic) bond motifs is 17. The van der Waals surface area contributed by atoms with E-state index in [0.29, 0.717) is 68.2 Å². The number of benzene rings is 6.